The second-order valence-corrected chi connectivity index (χ2v) is 6.62. The van der Waals surface area contributed by atoms with Gasteiger partial charge in [0.2, 0.25) is 0 Å². The molecule has 136 valence electrons. The van der Waals surface area contributed by atoms with E-state index in [-0.39, 0.29) is 18.4 Å². The molecule has 0 unspecified atom stereocenters. The van der Waals surface area contributed by atoms with E-state index in [4.69, 9.17) is 4.74 Å². The van der Waals surface area contributed by atoms with Crippen molar-refractivity contribution in [2.45, 2.75) is 25.7 Å². The second kappa shape index (κ2) is 8.85. The smallest absolute Gasteiger partial charge is 0.260 e. The predicted molar refractivity (Wildman–Crippen MR) is 95.8 cm³/mol. The average molecular weight is 345 g/mol. The SMILES string of the molecule is O=C(COc1ccccc1C(=O)N1CCNCC1)N1CCCCCC1. The lowest BCUT2D eigenvalue weighted by molar-refractivity contribution is -0.133. The second-order valence-electron chi connectivity index (χ2n) is 6.62. The third kappa shape index (κ3) is 4.72. The zero-order valence-electron chi connectivity index (χ0n) is 14.7. The summed E-state index contributed by atoms with van der Waals surface area (Å²) < 4.78 is 5.75. The average Bonchev–Trinajstić information content (AvgIpc) is 2.96. The zero-order valence-corrected chi connectivity index (χ0v) is 14.7. The largest absolute Gasteiger partial charge is 0.483 e. The molecule has 0 saturated carbocycles. The van der Waals surface area contributed by atoms with E-state index in [1.165, 1.54) is 12.8 Å². The van der Waals surface area contributed by atoms with Crippen LogP contribution in [0.25, 0.3) is 0 Å². The summed E-state index contributed by atoms with van der Waals surface area (Å²) in [7, 11) is 0. The van der Waals surface area contributed by atoms with Crippen LogP contribution < -0.4 is 10.1 Å². The lowest BCUT2D eigenvalue weighted by Gasteiger charge is -2.28. The monoisotopic (exact) mass is 345 g/mol. The van der Waals surface area contributed by atoms with Crippen molar-refractivity contribution in [3.8, 4) is 5.75 Å². The first kappa shape index (κ1) is 17.7. The molecule has 0 bridgehead atoms. The first-order valence-corrected chi connectivity index (χ1v) is 9.25. The van der Waals surface area contributed by atoms with E-state index in [2.05, 4.69) is 5.32 Å². The molecule has 0 radical (unpaired) electrons. The van der Waals surface area contributed by atoms with Gasteiger partial charge in [-0.05, 0) is 25.0 Å². The molecule has 0 aliphatic carbocycles. The molecule has 0 atom stereocenters. The molecule has 2 heterocycles. The van der Waals surface area contributed by atoms with E-state index < -0.39 is 0 Å². The fourth-order valence-electron chi connectivity index (χ4n) is 3.36. The van der Waals surface area contributed by atoms with Gasteiger partial charge < -0.3 is 19.9 Å². The van der Waals surface area contributed by atoms with Crippen molar-refractivity contribution >= 4 is 11.8 Å². The molecule has 2 aliphatic heterocycles. The summed E-state index contributed by atoms with van der Waals surface area (Å²) in [5, 5.41) is 3.24. The Morgan fingerprint density at radius 3 is 2.32 bits per heavy atom. The predicted octanol–water partition coefficient (Wildman–Crippen LogP) is 1.51. The van der Waals surface area contributed by atoms with Gasteiger partial charge in [-0.2, -0.15) is 0 Å². The van der Waals surface area contributed by atoms with Gasteiger partial charge in [-0.25, -0.2) is 0 Å². The van der Waals surface area contributed by atoms with Gasteiger partial charge in [-0.15, -0.1) is 0 Å². The number of nitrogens with zero attached hydrogens (tertiary/aromatic N) is 2. The van der Waals surface area contributed by atoms with Crippen LogP contribution >= 0.6 is 0 Å². The van der Waals surface area contributed by atoms with Crippen molar-refractivity contribution in [2.75, 3.05) is 45.9 Å². The first-order chi connectivity index (χ1) is 12.3. The lowest BCUT2D eigenvalue weighted by Crippen LogP contribution is -2.46. The summed E-state index contributed by atoms with van der Waals surface area (Å²) in [5.74, 6) is 0.472. The minimum atomic E-state index is -0.0284. The van der Waals surface area contributed by atoms with E-state index in [1.807, 2.05) is 21.9 Å². The number of amides is 2. The van der Waals surface area contributed by atoms with Crippen molar-refractivity contribution in [1.82, 2.24) is 15.1 Å². The number of benzene rings is 1. The van der Waals surface area contributed by atoms with E-state index >= 15 is 0 Å². The Labute approximate surface area is 149 Å². The van der Waals surface area contributed by atoms with Gasteiger partial charge >= 0.3 is 0 Å². The Morgan fingerprint density at radius 1 is 0.920 bits per heavy atom. The van der Waals surface area contributed by atoms with Gasteiger partial charge in [0.25, 0.3) is 11.8 Å². The molecule has 25 heavy (non-hydrogen) atoms. The summed E-state index contributed by atoms with van der Waals surface area (Å²) in [6.45, 7) is 4.61. The van der Waals surface area contributed by atoms with Crippen molar-refractivity contribution in [1.29, 1.82) is 0 Å². The van der Waals surface area contributed by atoms with Gasteiger partial charge in [0, 0.05) is 39.3 Å². The van der Waals surface area contributed by atoms with Gasteiger partial charge in [0.15, 0.2) is 6.61 Å². The maximum absolute atomic E-state index is 12.7. The van der Waals surface area contributed by atoms with Crippen LogP contribution in [0.4, 0.5) is 0 Å². The summed E-state index contributed by atoms with van der Waals surface area (Å²) in [6, 6.07) is 7.21. The van der Waals surface area contributed by atoms with Gasteiger partial charge in [0.05, 0.1) is 5.56 Å². The van der Waals surface area contributed by atoms with E-state index in [9.17, 15) is 9.59 Å². The van der Waals surface area contributed by atoms with Crippen LogP contribution in [0.2, 0.25) is 0 Å². The fraction of sp³-hybridized carbons (Fsp3) is 0.579. The number of hydrogen-bond acceptors (Lipinski definition) is 4. The molecular formula is C19H27N3O3. The summed E-state index contributed by atoms with van der Waals surface area (Å²) in [5.41, 5.74) is 0.535. The normalized spacial score (nSPS) is 18.6. The molecule has 2 amide bonds. The highest BCUT2D eigenvalue weighted by molar-refractivity contribution is 5.97. The van der Waals surface area contributed by atoms with Crippen LogP contribution in [0, 0.1) is 0 Å². The Balaban J connectivity index is 1.62. The molecule has 1 aromatic rings. The highest BCUT2D eigenvalue weighted by Crippen LogP contribution is 2.20. The summed E-state index contributed by atoms with van der Waals surface area (Å²) in [6.07, 6.45) is 4.49. The third-order valence-corrected chi connectivity index (χ3v) is 4.83. The number of likely N-dealkylation sites (tertiary alicyclic amines) is 1. The van der Waals surface area contributed by atoms with Crippen molar-refractivity contribution in [3.63, 3.8) is 0 Å². The highest BCUT2D eigenvalue weighted by Gasteiger charge is 2.22. The molecule has 0 spiro atoms. The van der Waals surface area contributed by atoms with Crippen LogP contribution in [0.15, 0.2) is 24.3 Å². The van der Waals surface area contributed by atoms with Gasteiger partial charge in [-0.1, -0.05) is 25.0 Å². The Bertz CT molecular complexity index is 591. The number of hydrogen-bond donors (Lipinski definition) is 1. The van der Waals surface area contributed by atoms with Crippen LogP contribution in [0.5, 0.6) is 5.75 Å². The molecule has 2 fully saturated rings. The Morgan fingerprint density at radius 2 is 1.60 bits per heavy atom. The molecule has 0 aromatic heterocycles. The maximum atomic E-state index is 12.7. The number of carbonyl (C=O) groups is 2. The maximum Gasteiger partial charge on any atom is 0.260 e. The molecule has 2 aliphatic rings. The molecular weight excluding hydrogens is 318 g/mol. The lowest BCUT2D eigenvalue weighted by atomic mass is 10.1. The molecule has 6 heteroatoms. The zero-order chi connectivity index (χ0) is 17.5. The molecule has 2 saturated heterocycles. The van der Waals surface area contributed by atoms with E-state index in [0.717, 1.165) is 39.0 Å². The van der Waals surface area contributed by atoms with Crippen LogP contribution in [0.3, 0.4) is 0 Å². The van der Waals surface area contributed by atoms with Gasteiger partial charge in [0.1, 0.15) is 5.75 Å². The Hall–Kier alpha value is -2.08. The number of nitrogens with one attached hydrogen (secondary N) is 1. The molecule has 3 rings (SSSR count). The van der Waals surface area contributed by atoms with Crippen molar-refractivity contribution in [2.24, 2.45) is 0 Å². The third-order valence-electron chi connectivity index (χ3n) is 4.83. The standard InChI is InChI=1S/C19H27N3O3/c23-18(21-11-5-1-2-6-12-21)15-25-17-8-4-3-7-16(17)19(24)22-13-9-20-10-14-22/h3-4,7-8,20H,1-2,5-6,9-15H2. The highest BCUT2D eigenvalue weighted by atomic mass is 16.5. The van der Waals surface area contributed by atoms with E-state index in [1.54, 1.807) is 12.1 Å². The van der Waals surface area contributed by atoms with Crippen molar-refractivity contribution in [3.05, 3.63) is 29.8 Å². The number of rotatable bonds is 4. The van der Waals surface area contributed by atoms with Crippen LogP contribution in [-0.2, 0) is 4.79 Å². The molecule has 1 aromatic carbocycles. The molecule has 6 nitrogen and oxygen atoms in total. The number of carbonyl (C=O) groups excluding carboxylic acids is 2. The van der Waals surface area contributed by atoms with E-state index in [0.29, 0.717) is 24.4 Å². The van der Waals surface area contributed by atoms with Crippen LogP contribution in [-0.4, -0.2) is 67.5 Å². The minimum absolute atomic E-state index is 0.00586. The summed E-state index contributed by atoms with van der Waals surface area (Å²) in [4.78, 5) is 28.9. The first-order valence-electron chi connectivity index (χ1n) is 9.25. The quantitative estimate of drug-likeness (QED) is 0.899. The number of para-hydroxylation sites is 1. The van der Waals surface area contributed by atoms with Crippen LogP contribution in [0.1, 0.15) is 36.0 Å². The molecule has 1 N–H and O–H groups in total. The topological polar surface area (TPSA) is 61.9 Å². The van der Waals surface area contributed by atoms with Crippen molar-refractivity contribution < 1.29 is 14.3 Å². The summed E-state index contributed by atoms with van der Waals surface area (Å²) >= 11 is 0. The Kier molecular flexibility index (Phi) is 6.28. The van der Waals surface area contributed by atoms with Gasteiger partial charge in [-0.3, -0.25) is 9.59 Å². The number of ether oxygens (including phenoxy) is 1. The minimum Gasteiger partial charge on any atom is -0.483 e. The fourth-order valence-corrected chi connectivity index (χ4v) is 3.36. The number of piperazine rings is 1.